The van der Waals surface area contributed by atoms with Gasteiger partial charge in [-0.2, -0.15) is 0 Å². The van der Waals surface area contributed by atoms with E-state index in [0.29, 0.717) is 5.56 Å². The number of nitrogen functional groups attached to an aromatic ring is 1. The van der Waals surface area contributed by atoms with Gasteiger partial charge in [-0.3, -0.25) is 28.8 Å². The normalized spacial score (nSPS) is 11.1. The Bertz CT molecular complexity index is 1160. The van der Waals surface area contributed by atoms with E-state index in [1.54, 1.807) is 0 Å². The van der Waals surface area contributed by atoms with Crippen LogP contribution in [0.5, 0.6) is 0 Å². The molecule has 0 aliphatic heterocycles. The molecule has 0 saturated heterocycles. The molecule has 0 saturated carbocycles. The van der Waals surface area contributed by atoms with E-state index in [0.717, 1.165) is 15.2 Å². The molecular weight excluding hydrogens is 408 g/mol. The number of aromatic nitrogens is 2. The number of nitrogens with two attached hydrogens (primary N) is 1. The predicted molar refractivity (Wildman–Crippen MR) is 113 cm³/mol. The summed E-state index contributed by atoms with van der Waals surface area (Å²) in [5, 5.41) is 10.6. The van der Waals surface area contributed by atoms with E-state index < -0.39 is 40.1 Å². The van der Waals surface area contributed by atoms with Gasteiger partial charge in [-0.15, -0.1) is 0 Å². The number of Topliss-reactive ketones (excluding diaryl/α,β-unsaturated/α-hetero) is 1. The first-order chi connectivity index (χ1) is 14.5. The molecule has 2 N–H and O–H groups in total. The Morgan fingerprint density at radius 1 is 1.23 bits per heavy atom. The monoisotopic (exact) mass is 430 g/mol. The van der Waals surface area contributed by atoms with Gasteiger partial charge < -0.3 is 10.5 Å². The van der Waals surface area contributed by atoms with Crippen LogP contribution in [0.2, 0.25) is 0 Å². The number of hydrogen-bond acceptors (Lipinski definition) is 8. The second-order valence-corrected chi connectivity index (χ2v) is 7.12. The third kappa shape index (κ3) is 5.53. The van der Waals surface area contributed by atoms with Crippen LogP contribution in [0, 0.1) is 16.0 Å². The lowest BCUT2D eigenvalue weighted by Gasteiger charge is -2.16. The van der Waals surface area contributed by atoms with Gasteiger partial charge in [-0.25, -0.2) is 9.59 Å². The summed E-state index contributed by atoms with van der Waals surface area (Å²) in [5.74, 6) is -1.95. The van der Waals surface area contributed by atoms with Crippen molar-refractivity contribution in [3.8, 4) is 0 Å². The van der Waals surface area contributed by atoms with Crippen molar-refractivity contribution in [1.82, 2.24) is 9.13 Å². The zero-order valence-electron chi connectivity index (χ0n) is 17.2. The Balaban J connectivity index is 2.14. The number of ketones is 1. The molecular formula is C20H22N4O7. The first-order valence-corrected chi connectivity index (χ1v) is 9.24. The first kappa shape index (κ1) is 23.3. The van der Waals surface area contributed by atoms with Crippen LogP contribution in [0.4, 0.5) is 11.5 Å². The van der Waals surface area contributed by atoms with Crippen LogP contribution in [0.25, 0.3) is 6.08 Å². The predicted octanol–water partition coefficient (Wildman–Crippen LogP) is 1.13. The number of hydrogen-bond donors (Lipinski definition) is 1. The summed E-state index contributed by atoms with van der Waals surface area (Å²) in [7, 11) is 1.23. The van der Waals surface area contributed by atoms with Gasteiger partial charge in [0.2, 0.25) is 5.78 Å². The van der Waals surface area contributed by atoms with E-state index in [2.05, 4.69) is 0 Å². The Kier molecular flexibility index (Phi) is 7.24. The average molecular weight is 430 g/mol. The van der Waals surface area contributed by atoms with Crippen LogP contribution in [-0.2, 0) is 23.1 Å². The third-order valence-corrected chi connectivity index (χ3v) is 4.27. The number of anilines is 1. The number of carbonyl (C=O) groups is 2. The maximum atomic E-state index is 12.5. The summed E-state index contributed by atoms with van der Waals surface area (Å²) in [5.41, 5.74) is 4.38. The maximum absolute atomic E-state index is 12.5. The molecule has 11 heteroatoms. The van der Waals surface area contributed by atoms with E-state index >= 15 is 0 Å². The molecule has 164 valence electrons. The fourth-order valence-corrected chi connectivity index (χ4v) is 2.72. The number of carbonyl (C=O) groups excluding carboxylic acids is 2. The number of nitro benzene ring substituents is 1. The number of non-ortho nitro benzene ring substituents is 1. The molecule has 1 aromatic carbocycles. The average Bonchev–Trinajstić information content (AvgIpc) is 2.72. The van der Waals surface area contributed by atoms with Crippen molar-refractivity contribution in [2.45, 2.75) is 20.4 Å². The molecule has 2 aromatic rings. The largest absolute Gasteiger partial charge is 0.454 e. The van der Waals surface area contributed by atoms with Gasteiger partial charge in [0.25, 0.3) is 11.2 Å². The van der Waals surface area contributed by atoms with Gasteiger partial charge >= 0.3 is 11.7 Å². The van der Waals surface area contributed by atoms with Gasteiger partial charge in [-0.05, 0) is 29.7 Å². The van der Waals surface area contributed by atoms with Crippen molar-refractivity contribution in [2.24, 2.45) is 13.0 Å². The molecule has 1 heterocycles. The van der Waals surface area contributed by atoms with Gasteiger partial charge in [-0.1, -0.05) is 13.8 Å². The van der Waals surface area contributed by atoms with Crippen LogP contribution < -0.4 is 17.0 Å². The van der Waals surface area contributed by atoms with Crippen molar-refractivity contribution in [3.05, 3.63) is 72.4 Å². The highest BCUT2D eigenvalue weighted by Crippen LogP contribution is 2.13. The van der Waals surface area contributed by atoms with Crippen molar-refractivity contribution in [3.63, 3.8) is 0 Å². The van der Waals surface area contributed by atoms with E-state index in [-0.39, 0.29) is 24.0 Å². The fraction of sp³-hybridized carbons (Fsp3) is 0.300. The second kappa shape index (κ2) is 9.65. The van der Waals surface area contributed by atoms with Gasteiger partial charge in [0.1, 0.15) is 11.4 Å². The molecule has 0 fully saturated rings. The van der Waals surface area contributed by atoms with Crippen LogP contribution in [0.1, 0.15) is 29.8 Å². The summed E-state index contributed by atoms with van der Waals surface area (Å²) < 4.78 is 6.78. The molecule has 0 aliphatic rings. The highest BCUT2D eigenvalue weighted by atomic mass is 16.6. The molecule has 1 aromatic heterocycles. The fourth-order valence-electron chi connectivity index (χ4n) is 2.72. The number of ether oxygens (including phenoxy) is 1. The quantitative estimate of drug-likeness (QED) is 0.215. The lowest BCUT2D eigenvalue weighted by atomic mass is 10.1. The summed E-state index contributed by atoms with van der Waals surface area (Å²) >= 11 is 0. The van der Waals surface area contributed by atoms with Crippen molar-refractivity contribution >= 4 is 29.3 Å². The van der Waals surface area contributed by atoms with Gasteiger partial charge in [0.15, 0.2) is 6.61 Å². The molecule has 11 nitrogen and oxygen atoms in total. The SMILES string of the molecule is CC(C)Cn1c(N)c(C(=O)COC(=O)C=Cc2ccc([N+](=O)[O-])cc2)c(=O)n(C)c1=O. The molecule has 0 amide bonds. The summed E-state index contributed by atoms with van der Waals surface area (Å²) in [6.07, 6.45) is 2.39. The van der Waals surface area contributed by atoms with Crippen LogP contribution in [-0.4, -0.2) is 32.4 Å². The van der Waals surface area contributed by atoms with E-state index in [4.69, 9.17) is 10.5 Å². The van der Waals surface area contributed by atoms with Crippen LogP contribution >= 0.6 is 0 Å². The summed E-state index contributed by atoms with van der Waals surface area (Å²) in [6, 6.07) is 5.43. The standard InChI is InChI=1S/C20H22N4O7/c1-12(2)10-23-18(21)17(19(27)22(3)20(23)28)15(25)11-31-16(26)9-6-13-4-7-14(8-5-13)24(29)30/h4-9,12H,10-11,21H2,1-3H3. The lowest BCUT2D eigenvalue weighted by molar-refractivity contribution is -0.384. The number of nitrogens with zero attached hydrogens (tertiary/aromatic N) is 3. The topological polar surface area (TPSA) is 157 Å². The third-order valence-electron chi connectivity index (χ3n) is 4.27. The highest BCUT2D eigenvalue weighted by Gasteiger charge is 2.22. The Morgan fingerprint density at radius 3 is 2.39 bits per heavy atom. The van der Waals surface area contributed by atoms with E-state index in [9.17, 15) is 29.3 Å². The van der Waals surface area contributed by atoms with Crippen molar-refractivity contribution in [1.29, 1.82) is 0 Å². The first-order valence-electron chi connectivity index (χ1n) is 9.24. The molecule has 0 aliphatic carbocycles. The minimum atomic E-state index is -0.870. The molecule has 0 atom stereocenters. The van der Waals surface area contributed by atoms with Crippen LogP contribution in [0.15, 0.2) is 39.9 Å². The zero-order valence-corrected chi connectivity index (χ0v) is 17.2. The van der Waals surface area contributed by atoms with Crippen LogP contribution in [0.3, 0.4) is 0 Å². The molecule has 0 unspecified atom stereocenters. The molecule has 0 spiro atoms. The summed E-state index contributed by atoms with van der Waals surface area (Å²) in [4.78, 5) is 59.1. The Morgan fingerprint density at radius 2 is 1.84 bits per heavy atom. The molecule has 31 heavy (non-hydrogen) atoms. The second-order valence-electron chi connectivity index (χ2n) is 7.12. The van der Waals surface area contributed by atoms with E-state index in [1.807, 2.05) is 13.8 Å². The Hall–Kier alpha value is -4.02. The van der Waals surface area contributed by atoms with E-state index in [1.165, 1.54) is 37.4 Å². The molecule has 0 bridgehead atoms. The van der Waals surface area contributed by atoms with Crippen molar-refractivity contribution in [2.75, 3.05) is 12.3 Å². The smallest absolute Gasteiger partial charge is 0.332 e. The zero-order chi connectivity index (χ0) is 23.3. The number of rotatable bonds is 8. The Labute approximate surface area is 176 Å². The maximum Gasteiger partial charge on any atom is 0.332 e. The lowest BCUT2D eigenvalue weighted by Crippen LogP contribution is -2.43. The number of nitro groups is 1. The molecule has 2 rings (SSSR count). The highest BCUT2D eigenvalue weighted by molar-refractivity contribution is 6.01. The minimum absolute atomic E-state index is 0.0304. The van der Waals surface area contributed by atoms with Gasteiger partial charge in [0, 0.05) is 31.8 Å². The van der Waals surface area contributed by atoms with Gasteiger partial charge in [0.05, 0.1) is 4.92 Å². The molecule has 0 radical (unpaired) electrons. The summed E-state index contributed by atoms with van der Waals surface area (Å²) in [6.45, 7) is 3.15. The minimum Gasteiger partial charge on any atom is -0.454 e. The number of benzene rings is 1. The van der Waals surface area contributed by atoms with Crippen molar-refractivity contribution < 1.29 is 19.2 Å². The number of esters is 1.